The summed E-state index contributed by atoms with van der Waals surface area (Å²) in [6.07, 6.45) is 1.14. The van der Waals surface area contributed by atoms with Crippen molar-refractivity contribution < 1.29 is 9.72 Å². The molecule has 0 radical (unpaired) electrons. The minimum Gasteiger partial charge on any atom is -0.286 e. The molecule has 0 saturated carbocycles. The molecule has 0 aromatic heterocycles. The molecule has 0 fully saturated rings. The zero-order valence-electron chi connectivity index (χ0n) is 13.1. The monoisotopic (exact) mass is 310 g/mol. The molecule has 0 spiro atoms. The maximum absolute atomic E-state index is 12.5. The van der Waals surface area contributed by atoms with E-state index in [0.717, 1.165) is 22.9 Å². The molecule has 2 rings (SSSR count). The Bertz CT molecular complexity index is 739. The first-order valence-corrected chi connectivity index (χ1v) is 7.28. The molecule has 2 aromatic carbocycles. The van der Waals surface area contributed by atoms with E-state index in [0.29, 0.717) is 12.1 Å². The first-order valence-electron chi connectivity index (χ1n) is 7.28. The highest BCUT2D eigenvalue weighted by molar-refractivity contribution is 6.09. The van der Waals surface area contributed by atoms with Gasteiger partial charge in [-0.2, -0.15) is 0 Å². The fourth-order valence-electron chi connectivity index (χ4n) is 2.24. The molecule has 5 heteroatoms. The molecule has 0 bridgehead atoms. The summed E-state index contributed by atoms with van der Waals surface area (Å²) >= 11 is 0. The van der Waals surface area contributed by atoms with Crippen LogP contribution in [-0.4, -0.2) is 23.0 Å². The Morgan fingerprint density at radius 3 is 2.52 bits per heavy atom. The highest BCUT2D eigenvalue weighted by atomic mass is 16.6. The summed E-state index contributed by atoms with van der Waals surface area (Å²) in [5, 5.41) is 11.2. The zero-order chi connectivity index (χ0) is 16.8. The van der Waals surface area contributed by atoms with Crippen LogP contribution in [-0.2, 0) is 6.54 Å². The average molecular weight is 310 g/mol. The number of Topliss-reactive ketones (excluding diaryl/α,β-unsaturated/α-hetero) is 1. The Hall–Kier alpha value is -2.82. The molecule has 0 heterocycles. The van der Waals surface area contributed by atoms with Gasteiger partial charge in [-0.25, -0.2) is 0 Å². The molecule has 0 aliphatic rings. The molecular formula is C18H18N2O3. The van der Waals surface area contributed by atoms with Gasteiger partial charge in [0.15, 0.2) is 0 Å². The minimum absolute atomic E-state index is 0.311. The van der Waals surface area contributed by atoms with Gasteiger partial charge in [-0.1, -0.05) is 48.5 Å². The van der Waals surface area contributed by atoms with Gasteiger partial charge in [0.1, 0.15) is 0 Å². The van der Waals surface area contributed by atoms with Crippen molar-refractivity contribution in [2.45, 2.75) is 26.4 Å². The molecular weight excluding hydrogens is 292 g/mol. The molecule has 1 atom stereocenters. The summed E-state index contributed by atoms with van der Waals surface area (Å²) < 4.78 is 0. The number of carbonyl (C=O) groups excluding carboxylic acids is 1. The Balaban J connectivity index is 2.19. The van der Waals surface area contributed by atoms with Gasteiger partial charge < -0.3 is 0 Å². The predicted molar refractivity (Wildman–Crippen MR) is 89.7 cm³/mol. The van der Waals surface area contributed by atoms with Gasteiger partial charge in [0, 0.05) is 10.5 Å². The standard InChI is InChI=1S/C18H18N2O3/c1-13-7-6-10-16(14(13)2)18(21)17(20(22)23)12-19-11-15-8-4-3-5-9-15/h3-10,12,17H,11H2,1-2H3. The lowest BCUT2D eigenvalue weighted by atomic mass is 9.97. The third-order valence-corrected chi connectivity index (χ3v) is 3.73. The van der Waals surface area contributed by atoms with Crippen molar-refractivity contribution in [2.24, 2.45) is 4.99 Å². The number of aliphatic imine (C=N–C) groups is 1. The number of rotatable bonds is 6. The van der Waals surface area contributed by atoms with Crippen LogP contribution in [0.2, 0.25) is 0 Å². The number of carbonyl (C=O) groups is 1. The summed E-state index contributed by atoms with van der Waals surface area (Å²) in [6.45, 7) is 3.97. The molecule has 0 aliphatic heterocycles. The minimum atomic E-state index is -1.46. The number of nitrogens with zero attached hydrogens (tertiary/aromatic N) is 2. The summed E-state index contributed by atoms with van der Waals surface area (Å²) in [5.74, 6) is -0.534. The van der Waals surface area contributed by atoms with Gasteiger partial charge in [0.05, 0.1) is 12.8 Å². The molecule has 0 N–H and O–H groups in total. The third kappa shape index (κ3) is 4.10. The lowest BCUT2D eigenvalue weighted by molar-refractivity contribution is -0.485. The van der Waals surface area contributed by atoms with Crippen LogP contribution in [0, 0.1) is 24.0 Å². The van der Waals surface area contributed by atoms with Crippen molar-refractivity contribution >= 4 is 12.0 Å². The predicted octanol–water partition coefficient (Wildman–Crippen LogP) is 3.40. The van der Waals surface area contributed by atoms with Crippen LogP contribution in [0.1, 0.15) is 27.0 Å². The lowest BCUT2D eigenvalue weighted by Crippen LogP contribution is -2.31. The van der Waals surface area contributed by atoms with E-state index in [1.165, 1.54) is 0 Å². The molecule has 2 aromatic rings. The fraction of sp³-hybridized carbons (Fsp3) is 0.222. The van der Waals surface area contributed by atoms with Crippen LogP contribution in [0.25, 0.3) is 0 Å². The lowest BCUT2D eigenvalue weighted by Gasteiger charge is -2.08. The molecule has 0 aliphatic carbocycles. The van der Waals surface area contributed by atoms with Crippen molar-refractivity contribution in [3.05, 3.63) is 80.9 Å². The van der Waals surface area contributed by atoms with E-state index < -0.39 is 16.7 Å². The summed E-state index contributed by atoms with van der Waals surface area (Å²) in [4.78, 5) is 27.2. The summed E-state index contributed by atoms with van der Waals surface area (Å²) in [5.41, 5.74) is 3.00. The quantitative estimate of drug-likeness (QED) is 0.355. The number of benzene rings is 2. The second-order valence-corrected chi connectivity index (χ2v) is 5.32. The first-order chi connectivity index (χ1) is 11.0. The molecule has 118 valence electrons. The van der Waals surface area contributed by atoms with Gasteiger partial charge in [0.2, 0.25) is 5.78 Å². The van der Waals surface area contributed by atoms with Crippen molar-refractivity contribution in [3.8, 4) is 0 Å². The van der Waals surface area contributed by atoms with Crippen LogP contribution >= 0.6 is 0 Å². The highest BCUT2D eigenvalue weighted by Crippen LogP contribution is 2.15. The molecule has 23 heavy (non-hydrogen) atoms. The summed E-state index contributed by atoms with van der Waals surface area (Å²) in [6, 6.07) is 13.2. The number of nitro groups is 1. The summed E-state index contributed by atoms with van der Waals surface area (Å²) in [7, 11) is 0. The van der Waals surface area contributed by atoms with E-state index in [4.69, 9.17) is 0 Å². The fourth-order valence-corrected chi connectivity index (χ4v) is 2.24. The van der Waals surface area contributed by atoms with E-state index in [1.54, 1.807) is 19.1 Å². The average Bonchev–Trinajstić information content (AvgIpc) is 2.54. The van der Waals surface area contributed by atoms with Crippen molar-refractivity contribution in [3.63, 3.8) is 0 Å². The SMILES string of the molecule is Cc1cccc(C(=O)C(C=NCc2ccccc2)[N+](=O)[O-])c1C. The van der Waals surface area contributed by atoms with Crippen molar-refractivity contribution in [1.29, 1.82) is 0 Å². The van der Waals surface area contributed by atoms with Crippen LogP contribution in [0.5, 0.6) is 0 Å². The van der Waals surface area contributed by atoms with Crippen LogP contribution in [0.15, 0.2) is 53.5 Å². The highest BCUT2D eigenvalue weighted by Gasteiger charge is 2.29. The molecule has 1 unspecified atom stereocenters. The maximum Gasteiger partial charge on any atom is 0.309 e. The zero-order valence-corrected chi connectivity index (χ0v) is 13.1. The molecule has 0 amide bonds. The number of aryl methyl sites for hydroxylation is 1. The molecule has 0 saturated heterocycles. The second kappa shape index (κ2) is 7.45. The maximum atomic E-state index is 12.5. The smallest absolute Gasteiger partial charge is 0.286 e. The van der Waals surface area contributed by atoms with Gasteiger partial charge >= 0.3 is 6.04 Å². The topological polar surface area (TPSA) is 72.6 Å². The van der Waals surface area contributed by atoms with Crippen molar-refractivity contribution in [1.82, 2.24) is 0 Å². The van der Waals surface area contributed by atoms with Crippen LogP contribution < -0.4 is 0 Å². The second-order valence-electron chi connectivity index (χ2n) is 5.32. The Morgan fingerprint density at radius 1 is 1.17 bits per heavy atom. The third-order valence-electron chi connectivity index (χ3n) is 3.73. The van der Waals surface area contributed by atoms with Gasteiger partial charge in [-0.3, -0.25) is 19.9 Å². The van der Waals surface area contributed by atoms with Gasteiger partial charge in [-0.05, 0) is 30.5 Å². The van der Waals surface area contributed by atoms with E-state index in [-0.39, 0.29) is 0 Å². The normalized spacial score (nSPS) is 12.3. The number of hydrogen-bond donors (Lipinski definition) is 0. The van der Waals surface area contributed by atoms with E-state index >= 15 is 0 Å². The first kappa shape index (κ1) is 16.5. The molecule has 5 nitrogen and oxygen atoms in total. The van der Waals surface area contributed by atoms with Crippen LogP contribution in [0.4, 0.5) is 0 Å². The number of ketones is 1. The van der Waals surface area contributed by atoms with E-state index in [9.17, 15) is 14.9 Å². The Morgan fingerprint density at radius 2 is 1.87 bits per heavy atom. The Kier molecular flexibility index (Phi) is 5.36. The van der Waals surface area contributed by atoms with E-state index in [1.807, 2.05) is 43.3 Å². The number of hydrogen-bond acceptors (Lipinski definition) is 4. The van der Waals surface area contributed by atoms with Gasteiger partial charge in [-0.15, -0.1) is 0 Å². The Labute approximate surface area is 134 Å². The van der Waals surface area contributed by atoms with Gasteiger partial charge in [0.25, 0.3) is 0 Å². The van der Waals surface area contributed by atoms with E-state index in [2.05, 4.69) is 4.99 Å². The van der Waals surface area contributed by atoms with Crippen LogP contribution in [0.3, 0.4) is 0 Å². The largest absolute Gasteiger partial charge is 0.309 e. The van der Waals surface area contributed by atoms with Crippen molar-refractivity contribution in [2.75, 3.05) is 0 Å².